The highest BCUT2D eigenvalue weighted by Crippen LogP contribution is 2.36. The Bertz CT molecular complexity index is 451. The Hall–Kier alpha value is -0.440. The Morgan fingerprint density at radius 3 is 2.24 bits per heavy atom. The SMILES string of the molecule is CCCP(CCC)c1cccc(S(=O)(=O)O)c1. The Morgan fingerprint density at radius 1 is 1.18 bits per heavy atom. The first kappa shape index (κ1) is 14.6. The van der Waals surface area contributed by atoms with Crippen molar-refractivity contribution in [1.29, 1.82) is 0 Å². The predicted molar refractivity (Wildman–Crippen MR) is 73.1 cm³/mol. The number of hydrogen-bond donors (Lipinski definition) is 1. The van der Waals surface area contributed by atoms with Gasteiger partial charge in [0.15, 0.2) is 0 Å². The third-order valence-corrected chi connectivity index (χ3v) is 6.30. The monoisotopic (exact) mass is 274 g/mol. The van der Waals surface area contributed by atoms with Gasteiger partial charge in [-0.15, -0.1) is 0 Å². The smallest absolute Gasteiger partial charge is 0.282 e. The van der Waals surface area contributed by atoms with Gasteiger partial charge in [0.25, 0.3) is 10.1 Å². The fourth-order valence-corrected chi connectivity index (χ4v) is 4.80. The molecule has 0 fully saturated rings. The van der Waals surface area contributed by atoms with Crippen LogP contribution in [-0.2, 0) is 10.1 Å². The Labute approximate surface area is 105 Å². The molecule has 1 aromatic rings. The van der Waals surface area contributed by atoms with Gasteiger partial charge in [-0.3, -0.25) is 4.55 Å². The van der Waals surface area contributed by atoms with E-state index in [1.54, 1.807) is 12.1 Å². The van der Waals surface area contributed by atoms with E-state index in [1.807, 2.05) is 6.07 Å². The second-order valence-corrected chi connectivity index (χ2v) is 7.87. The van der Waals surface area contributed by atoms with Crippen molar-refractivity contribution >= 4 is 23.3 Å². The molecule has 0 unspecified atom stereocenters. The van der Waals surface area contributed by atoms with Crippen molar-refractivity contribution in [3.63, 3.8) is 0 Å². The summed E-state index contributed by atoms with van der Waals surface area (Å²) in [6.07, 6.45) is 4.42. The third-order valence-electron chi connectivity index (χ3n) is 2.47. The van der Waals surface area contributed by atoms with Gasteiger partial charge in [-0.25, -0.2) is 0 Å². The fraction of sp³-hybridized carbons (Fsp3) is 0.500. The normalized spacial score (nSPS) is 12.0. The molecule has 0 aliphatic carbocycles. The van der Waals surface area contributed by atoms with Crippen LogP contribution in [0.15, 0.2) is 29.2 Å². The van der Waals surface area contributed by atoms with E-state index in [9.17, 15) is 8.42 Å². The molecule has 0 bridgehead atoms. The molecular formula is C12H19O3PS. The van der Waals surface area contributed by atoms with Gasteiger partial charge in [0.1, 0.15) is 0 Å². The first-order chi connectivity index (χ1) is 7.99. The maximum Gasteiger partial charge on any atom is 0.294 e. The Morgan fingerprint density at radius 2 is 1.76 bits per heavy atom. The average Bonchev–Trinajstić information content (AvgIpc) is 2.28. The van der Waals surface area contributed by atoms with Crippen LogP contribution in [0.4, 0.5) is 0 Å². The molecule has 0 aromatic heterocycles. The molecule has 0 amide bonds. The molecule has 1 aromatic carbocycles. The lowest BCUT2D eigenvalue weighted by atomic mass is 10.4. The van der Waals surface area contributed by atoms with Crippen molar-refractivity contribution in [1.82, 2.24) is 0 Å². The Kier molecular flexibility index (Phi) is 5.57. The van der Waals surface area contributed by atoms with Gasteiger partial charge in [0.2, 0.25) is 0 Å². The number of hydrogen-bond acceptors (Lipinski definition) is 2. The lowest BCUT2D eigenvalue weighted by Gasteiger charge is -2.16. The molecule has 3 nitrogen and oxygen atoms in total. The molecule has 0 spiro atoms. The van der Waals surface area contributed by atoms with Crippen LogP contribution in [0.2, 0.25) is 0 Å². The van der Waals surface area contributed by atoms with Gasteiger partial charge < -0.3 is 0 Å². The lowest BCUT2D eigenvalue weighted by molar-refractivity contribution is 0.483. The molecule has 1 N–H and O–H groups in total. The molecule has 0 aliphatic rings. The zero-order chi connectivity index (χ0) is 12.9. The highest BCUT2D eigenvalue weighted by atomic mass is 32.2. The summed E-state index contributed by atoms with van der Waals surface area (Å²) in [7, 11) is -4.37. The fourth-order valence-electron chi connectivity index (χ4n) is 1.75. The summed E-state index contributed by atoms with van der Waals surface area (Å²) in [6.45, 7) is 4.27. The van der Waals surface area contributed by atoms with E-state index in [1.165, 1.54) is 6.07 Å². The number of benzene rings is 1. The minimum atomic E-state index is -4.08. The van der Waals surface area contributed by atoms with Crippen molar-refractivity contribution in [3.8, 4) is 0 Å². The van der Waals surface area contributed by atoms with Gasteiger partial charge in [-0.05, 0) is 29.8 Å². The van der Waals surface area contributed by atoms with Crippen molar-refractivity contribution in [3.05, 3.63) is 24.3 Å². The molecule has 1 rings (SSSR count). The van der Waals surface area contributed by atoms with Crippen LogP contribution >= 0.6 is 7.92 Å². The van der Waals surface area contributed by atoms with Crippen LogP contribution in [0.1, 0.15) is 26.7 Å². The summed E-state index contributed by atoms with van der Waals surface area (Å²) in [5.41, 5.74) is 0. The van der Waals surface area contributed by atoms with E-state index in [2.05, 4.69) is 13.8 Å². The first-order valence-corrected chi connectivity index (χ1v) is 8.96. The maximum atomic E-state index is 11.1. The number of rotatable bonds is 6. The van der Waals surface area contributed by atoms with E-state index in [-0.39, 0.29) is 12.8 Å². The lowest BCUT2D eigenvalue weighted by Crippen LogP contribution is -2.09. The maximum absolute atomic E-state index is 11.1. The summed E-state index contributed by atoms with van der Waals surface area (Å²) in [4.78, 5) is 0.00899. The van der Waals surface area contributed by atoms with E-state index < -0.39 is 10.1 Å². The van der Waals surface area contributed by atoms with Crippen LogP contribution < -0.4 is 5.30 Å². The van der Waals surface area contributed by atoms with Gasteiger partial charge in [0, 0.05) is 0 Å². The summed E-state index contributed by atoms with van der Waals surface area (Å²) in [6, 6.07) is 6.72. The van der Waals surface area contributed by atoms with Crippen LogP contribution in [0.3, 0.4) is 0 Å². The molecule has 0 radical (unpaired) electrons. The standard InChI is InChI=1S/C12H19O3PS/c1-3-8-16(9-4-2)11-6-5-7-12(10-11)17(13,14)15/h5-7,10H,3-4,8-9H2,1-2H3,(H,13,14,15). The van der Waals surface area contributed by atoms with Gasteiger partial charge >= 0.3 is 0 Å². The molecule has 17 heavy (non-hydrogen) atoms. The van der Waals surface area contributed by atoms with Crippen molar-refractivity contribution in [2.45, 2.75) is 31.6 Å². The third kappa shape index (κ3) is 4.38. The molecule has 0 heterocycles. The van der Waals surface area contributed by atoms with Crippen molar-refractivity contribution in [2.75, 3.05) is 12.3 Å². The zero-order valence-corrected chi connectivity index (χ0v) is 12.0. The summed E-state index contributed by atoms with van der Waals surface area (Å²) in [5.74, 6) is 0. The van der Waals surface area contributed by atoms with Crippen molar-refractivity contribution < 1.29 is 13.0 Å². The molecule has 0 aliphatic heterocycles. The van der Waals surface area contributed by atoms with Gasteiger partial charge in [-0.1, -0.05) is 46.7 Å². The zero-order valence-electron chi connectivity index (χ0n) is 10.3. The van der Waals surface area contributed by atoms with Crippen LogP contribution in [-0.4, -0.2) is 25.3 Å². The van der Waals surface area contributed by atoms with Crippen LogP contribution in [0.25, 0.3) is 0 Å². The Balaban J connectivity index is 3.04. The topological polar surface area (TPSA) is 54.4 Å². The minimum Gasteiger partial charge on any atom is -0.282 e. The second kappa shape index (κ2) is 6.48. The highest BCUT2D eigenvalue weighted by molar-refractivity contribution is 7.85. The van der Waals surface area contributed by atoms with Gasteiger partial charge in [0.05, 0.1) is 4.90 Å². The quantitative estimate of drug-likeness (QED) is 0.641. The summed E-state index contributed by atoms with van der Waals surface area (Å²) < 4.78 is 31.2. The molecule has 0 saturated heterocycles. The summed E-state index contributed by atoms with van der Waals surface area (Å²) in [5, 5.41) is 1.07. The molecule has 96 valence electrons. The van der Waals surface area contributed by atoms with E-state index in [0.717, 1.165) is 30.5 Å². The molecule has 0 saturated carbocycles. The van der Waals surface area contributed by atoms with Gasteiger partial charge in [-0.2, -0.15) is 8.42 Å². The molecular weight excluding hydrogens is 255 g/mol. The molecule has 0 atom stereocenters. The van der Waals surface area contributed by atoms with Crippen LogP contribution in [0, 0.1) is 0 Å². The minimum absolute atomic E-state index is 0.00899. The highest BCUT2D eigenvalue weighted by Gasteiger charge is 2.14. The predicted octanol–water partition coefficient (Wildman–Crippen LogP) is 2.86. The largest absolute Gasteiger partial charge is 0.294 e. The second-order valence-electron chi connectivity index (χ2n) is 3.96. The van der Waals surface area contributed by atoms with E-state index in [0.29, 0.717) is 0 Å². The van der Waals surface area contributed by atoms with Crippen LogP contribution in [0.5, 0.6) is 0 Å². The first-order valence-electron chi connectivity index (χ1n) is 5.81. The summed E-state index contributed by atoms with van der Waals surface area (Å²) >= 11 is 0. The molecule has 5 heteroatoms. The average molecular weight is 274 g/mol. The van der Waals surface area contributed by atoms with E-state index in [4.69, 9.17) is 4.55 Å². The van der Waals surface area contributed by atoms with E-state index >= 15 is 0 Å². The van der Waals surface area contributed by atoms with Crippen molar-refractivity contribution in [2.24, 2.45) is 0 Å².